The van der Waals surface area contributed by atoms with Crippen molar-refractivity contribution in [2.75, 3.05) is 6.61 Å². The minimum Gasteiger partial charge on any atom is -0.451 e. The number of carbonyl (C=O) groups excluding carboxylic acids is 2. The Kier molecular flexibility index (Phi) is 5.12. The molecule has 0 spiro atoms. The molecule has 3 aromatic rings. The van der Waals surface area contributed by atoms with Crippen LogP contribution in [0.5, 0.6) is 0 Å². The lowest BCUT2D eigenvalue weighted by atomic mass is 10.1. The number of esters is 1. The van der Waals surface area contributed by atoms with Crippen LogP contribution in [0.3, 0.4) is 0 Å². The fourth-order valence-electron chi connectivity index (χ4n) is 3.29. The third-order valence-corrected chi connectivity index (χ3v) is 5.05. The van der Waals surface area contributed by atoms with Crippen LogP contribution in [0.1, 0.15) is 30.3 Å². The van der Waals surface area contributed by atoms with Crippen LogP contribution in [0.4, 0.5) is 0 Å². The lowest BCUT2D eigenvalue weighted by molar-refractivity contribution is -0.125. The average molecular weight is 391 g/mol. The molecule has 7 nitrogen and oxygen atoms in total. The summed E-state index contributed by atoms with van der Waals surface area (Å²) >= 11 is 0. The standard InChI is InChI=1S/C22H21N3O4/c1-14(15-11-12-15)23-19(26)13-29-22(28)20-17-9-5-6-10-18(17)21(27)25(24-20)16-7-3-2-4-8-16/h2-10,14-15H,11-13H2,1H3,(H,23,26)/t14-/m1/s1. The van der Waals surface area contributed by atoms with Gasteiger partial charge in [-0.2, -0.15) is 9.78 Å². The minimum absolute atomic E-state index is 0.00732. The molecule has 148 valence electrons. The maximum atomic E-state index is 12.8. The molecule has 29 heavy (non-hydrogen) atoms. The summed E-state index contributed by atoms with van der Waals surface area (Å²) in [5.74, 6) is -0.590. The van der Waals surface area contributed by atoms with Crippen molar-refractivity contribution in [3.63, 3.8) is 0 Å². The Balaban J connectivity index is 1.62. The number of hydrogen-bond acceptors (Lipinski definition) is 5. The van der Waals surface area contributed by atoms with Gasteiger partial charge in [-0.25, -0.2) is 4.79 Å². The van der Waals surface area contributed by atoms with E-state index in [0.717, 1.165) is 12.8 Å². The second-order valence-electron chi connectivity index (χ2n) is 7.22. The Morgan fingerprint density at radius 3 is 2.45 bits per heavy atom. The second-order valence-corrected chi connectivity index (χ2v) is 7.22. The van der Waals surface area contributed by atoms with E-state index in [9.17, 15) is 14.4 Å². The lowest BCUT2D eigenvalue weighted by Crippen LogP contribution is -2.37. The average Bonchev–Trinajstić information content (AvgIpc) is 3.59. The second kappa shape index (κ2) is 7.87. The molecule has 0 saturated heterocycles. The van der Waals surface area contributed by atoms with E-state index in [2.05, 4.69) is 10.4 Å². The van der Waals surface area contributed by atoms with Gasteiger partial charge in [-0.05, 0) is 43.9 Å². The first-order valence-electron chi connectivity index (χ1n) is 9.58. The quantitative estimate of drug-likeness (QED) is 0.652. The fraction of sp³-hybridized carbons (Fsp3) is 0.273. The van der Waals surface area contributed by atoms with Crippen molar-refractivity contribution in [3.8, 4) is 5.69 Å². The summed E-state index contributed by atoms with van der Waals surface area (Å²) in [5, 5.41) is 7.83. The number of nitrogens with one attached hydrogen (secondary N) is 1. The van der Waals surface area contributed by atoms with Gasteiger partial charge in [0.05, 0.1) is 11.1 Å². The van der Waals surface area contributed by atoms with Crippen molar-refractivity contribution in [1.82, 2.24) is 15.1 Å². The van der Waals surface area contributed by atoms with Gasteiger partial charge in [-0.3, -0.25) is 9.59 Å². The van der Waals surface area contributed by atoms with Crippen LogP contribution >= 0.6 is 0 Å². The molecule has 1 fully saturated rings. The molecule has 1 aromatic heterocycles. The summed E-state index contributed by atoms with van der Waals surface area (Å²) in [5.41, 5.74) is 0.194. The Morgan fingerprint density at radius 2 is 1.76 bits per heavy atom. The summed E-state index contributed by atoms with van der Waals surface area (Å²) < 4.78 is 6.38. The first kappa shape index (κ1) is 18.9. The van der Waals surface area contributed by atoms with E-state index in [4.69, 9.17) is 4.74 Å². The fourth-order valence-corrected chi connectivity index (χ4v) is 3.29. The van der Waals surface area contributed by atoms with Crippen LogP contribution in [0.25, 0.3) is 16.5 Å². The first-order valence-corrected chi connectivity index (χ1v) is 9.58. The summed E-state index contributed by atoms with van der Waals surface area (Å²) in [4.78, 5) is 37.6. The smallest absolute Gasteiger partial charge is 0.359 e. The number of carbonyl (C=O) groups is 2. The Hall–Kier alpha value is -3.48. The number of ether oxygens (including phenoxy) is 1. The third-order valence-electron chi connectivity index (χ3n) is 5.05. The van der Waals surface area contributed by atoms with Gasteiger partial charge in [0, 0.05) is 11.4 Å². The highest BCUT2D eigenvalue weighted by Crippen LogP contribution is 2.32. The molecule has 0 bridgehead atoms. The molecule has 0 aliphatic heterocycles. The number of nitrogens with zero attached hydrogens (tertiary/aromatic N) is 2. The highest BCUT2D eigenvalue weighted by atomic mass is 16.5. The number of para-hydroxylation sites is 1. The van der Waals surface area contributed by atoms with E-state index < -0.39 is 12.6 Å². The van der Waals surface area contributed by atoms with E-state index in [0.29, 0.717) is 22.4 Å². The molecule has 1 atom stereocenters. The van der Waals surface area contributed by atoms with Gasteiger partial charge in [-0.1, -0.05) is 36.4 Å². The van der Waals surface area contributed by atoms with E-state index >= 15 is 0 Å². The van der Waals surface area contributed by atoms with Crippen LogP contribution in [0.2, 0.25) is 0 Å². The zero-order chi connectivity index (χ0) is 20.4. The molecule has 4 rings (SSSR count). The van der Waals surface area contributed by atoms with Gasteiger partial charge >= 0.3 is 5.97 Å². The maximum absolute atomic E-state index is 12.8. The monoisotopic (exact) mass is 391 g/mol. The van der Waals surface area contributed by atoms with Gasteiger partial charge < -0.3 is 10.1 Å². The predicted molar refractivity (Wildman–Crippen MR) is 108 cm³/mol. The molecule has 1 aliphatic carbocycles. The molecular formula is C22H21N3O4. The van der Waals surface area contributed by atoms with Gasteiger partial charge in [-0.15, -0.1) is 0 Å². The number of amides is 1. The van der Waals surface area contributed by atoms with Crippen LogP contribution in [-0.4, -0.2) is 34.3 Å². The normalized spacial score (nSPS) is 14.4. The van der Waals surface area contributed by atoms with Crippen molar-refractivity contribution < 1.29 is 14.3 Å². The largest absolute Gasteiger partial charge is 0.451 e. The highest BCUT2D eigenvalue weighted by molar-refractivity contribution is 6.02. The van der Waals surface area contributed by atoms with Crippen LogP contribution in [-0.2, 0) is 9.53 Å². The first-order chi connectivity index (χ1) is 14.0. The summed E-state index contributed by atoms with van der Waals surface area (Å²) in [6.45, 7) is 1.55. The van der Waals surface area contributed by atoms with Crippen LogP contribution in [0.15, 0.2) is 59.4 Å². The maximum Gasteiger partial charge on any atom is 0.359 e. The Bertz CT molecular complexity index is 1120. The molecule has 1 N–H and O–H groups in total. The van der Waals surface area contributed by atoms with E-state index in [1.165, 1.54) is 4.68 Å². The topological polar surface area (TPSA) is 90.3 Å². The number of benzene rings is 2. The van der Waals surface area contributed by atoms with Crippen molar-refractivity contribution in [3.05, 3.63) is 70.6 Å². The van der Waals surface area contributed by atoms with Crippen LogP contribution in [0, 0.1) is 5.92 Å². The molecular weight excluding hydrogens is 370 g/mol. The molecule has 1 saturated carbocycles. The van der Waals surface area contributed by atoms with Gasteiger partial charge in [0.25, 0.3) is 11.5 Å². The summed E-state index contributed by atoms with van der Waals surface area (Å²) in [6.07, 6.45) is 2.22. The summed E-state index contributed by atoms with van der Waals surface area (Å²) in [7, 11) is 0. The minimum atomic E-state index is -0.750. The zero-order valence-corrected chi connectivity index (χ0v) is 16.0. The van der Waals surface area contributed by atoms with Gasteiger partial charge in [0.1, 0.15) is 0 Å². The van der Waals surface area contributed by atoms with Crippen molar-refractivity contribution >= 4 is 22.6 Å². The molecule has 7 heteroatoms. The molecule has 0 unspecified atom stereocenters. The predicted octanol–water partition coefficient (Wildman–Crippen LogP) is 2.46. The Labute approximate surface area is 167 Å². The SMILES string of the molecule is C[C@@H](NC(=O)COC(=O)c1nn(-c2ccccc2)c(=O)c2ccccc12)C1CC1. The number of rotatable bonds is 6. The number of aromatic nitrogens is 2. The zero-order valence-electron chi connectivity index (χ0n) is 16.0. The van der Waals surface area contributed by atoms with Crippen molar-refractivity contribution in [1.29, 1.82) is 0 Å². The lowest BCUT2D eigenvalue weighted by Gasteiger charge is -2.13. The third kappa shape index (κ3) is 4.03. The van der Waals surface area contributed by atoms with Crippen LogP contribution < -0.4 is 10.9 Å². The Morgan fingerprint density at radius 1 is 1.10 bits per heavy atom. The molecule has 1 heterocycles. The number of hydrogen-bond donors (Lipinski definition) is 1. The van der Waals surface area contributed by atoms with Gasteiger partial charge in [0.2, 0.25) is 0 Å². The molecule has 0 radical (unpaired) electrons. The van der Waals surface area contributed by atoms with Crippen molar-refractivity contribution in [2.45, 2.75) is 25.8 Å². The van der Waals surface area contributed by atoms with E-state index in [1.807, 2.05) is 13.0 Å². The molecule has 1 aliphatic rings. The molecule has 2 aromatic carbocycles. The van der Waals surface area contributed by atoms with Crippen molar-refractivity contribution in [2.24, 2.45) is 5.92 Å². The van der Waals surface area contributed by atoms with E-state index in [1.54, 1.807) is 48.5 Å². The highest BCUT2D eigenvalue weighted by Gasteiger charge is 2.29. The van der Waals surface area contributed by atoms with E-state index in [-0.39, 0.29) is 23.2 Å². The number of fused-ring (bicyclic) bond motifs is 1. The molecule has 1 amide bonds. The van der Waals surface area contributed by atoms with Gasteiger partial charge in [0.15, 0.2) is 12.3 Å². The summed E-state index contributed by atoms with van der Waals surface area (Å²) in [6, 6.07) is 15.6.